The highest BCUT2D eigenvalue weighted by atomic mass is 32.2. The van der Waals surface area contributed by atoms with Gasteiger partial charge in [-0.25, -0.2) is 8.42 Å². The van der Waals surface area contributed by atoms with Crippen molar-refractivity contribution >= 4 is 38.8 Å². The molecular weight excluding hydrogens is 348 g/mol. The molecule has 124 valence electrons. The highest BCUT2D eigenvalue weighted by Crippen LogP contribution is 2.37. The Kier molecular flexibility index (Phi) is 5.54. The normalized spacial score (nSPS) is 13.0. The van der Waals surface area contributed by atoms with Crippen molar-refractivity contribution in [1.82, 2.24) is 0 Å². The number of nitrogen functional groups attached to an aromatic ring is 1. The van der Waals surface area contributed by atoms with Gasteiger partial charge in [0.15, 0.2) is 0 Å². The average molecular weight is 369 g/mol. The number of thiophene rings is 1. The number of hydrogen-bond acceptors (Lipinski definition) is 5. The highest BCUT2D eigenvalue weighted by molar-refractivity contribution is 8.01. The van der Waals surface area contributed by atoms with Gasteiger partial charge in [-0.2, -0.15) is 0 Å². The monoisotopic (exact) mass is 368 g/mol. The summed E-state index contributed by atoms with van der Waals surface area (Å²) in [5.41, 5.74) is 6.52. The third-order valence-electron chi connectivity index (χ3n) is 3.76. The van der Waals surface area contributed by atoms with E-state index in [0.717, 1.165) is 12.0 Å². The number of thioether (sulfide) groups is 1. The van der Waals surface area contributed by atoms with Crippen LogP contribution in [0.2, 0.25) is 0 Å². The zero-order chi connectivity index (χ0) is 17.2. The lowest BCUT2D eigenvalue weighted by molar-refractivity contribution is 0.594. The largest absolute Gasteiger partial charge is 0.383 e. The van der Waals surface area contributed by atoms with E-state index in [4.69, 9.17) is 11.1 Å². The maximum atomic E-state index is 13.0. The van der Waals surface area contributed by atoms with Crippen LogP contribution in [0.1, 0.15) is 36.6 Å². The summed E-state index contributed by atoms with van der Waals surface area (Å²) in [6, 6.07) is 8.61. The lowest BCUT2D eigenvalue weighted by Gasteiger charge is -2.11. The van der Waals surface area contributed by atoms with Crippen LogP contribution in [0, 0.1) is 5.41 Å². The molecule has 0 spiro atoms. The summed E-state index contributed by atoms with van der Waals surface area (Å²) in [6.45, 7) is 4.16. The predicted molar refractivity (Wildman–Crippen MR) is 97.7 cm³/mol. The van der Waals surface area contributed by atoms with Crippen molar-refractivity contribution in [2.45, 2.75) is 40.2 Å². The quantitative estimate of drug-likeness (QED) is 0.457. The van der Waals surface area contributed by atoms with Gasteiger partial charge in [0, 0.05) is 0 Å². The second-order valence-electron chi connectivity index (χ2n) is 5.27. The number of nitrogens with one attached hydrogen (secondary N) is 1. The van der Waals surface area contributed by atoms with Crippen LogP contribution < -0.4 is 5.73 Å². The van der Waals surface area contributed by atoms with Gasteiger partial charge in [-0.15, -0.1) is 23.1 Å². The molecule has 0 aliphatic carbocycles. The second kappa shape index (κ2) is 7.07. The van der Waals surface area contributed by atoms with Crippen LogP contribution in [-0.4, -0.2) is 20.5 Å². The van der Waals surface area contributed by atoms with Gasteiger partial charge in [-0.3, -0.25) is 5.41 Å². The summed E-state index contributed by atoms with van der Waals surface area (Å²) in [5.74, 6) is 0.195. The first kappa shape index (κ1) is 18.0. The highest BCUT2D eigenvalue weighted by Gasteiger charge is 2.25. The summed E-state index contributed by atoms with van der Waals surface area (Å²) in [6.07, 6.45) is 2.77. The van der Waals surface area contributed by atoms with E-state index >= 15 is 0 Å². The van der Waals surface area contributed by atoms with E-state index in [1.165, 1.54) is 29.2 Å². The molecule has 0 fully saturated rings. The van der Waals surface area contributed by atoms with Gasteiger partial charge in [0.25, 0.3) is 0 Å². The molecule has 1 aromatic carbocycles. The second-order valence-corrected chi connectivity index (χ2v) is 9.31. The zero-order valence-corrected chi connectivity index (χ0v) is 15.7. The number of amidine groups is 1. The molecule has 4 nitrogen and oxygen atoms in total. The SMILES string of the molecule is CCC(C)c1cccc(S(=O)(=O)c2cc(C(=N)N)sc2SC)c1. The fourth-order valence-electron chi connectivity index (χ4n) is 2.17. The van der Waals surface area contributed by atoms with Crippen molar-refractivity contribution in [3.63, 3.8) is 0 Å². The smallest absolute Gasteiger partial charge is 0.208 e. The summed E-state index contributed by atoms with van der Waals surface area (Å²) in [4.78, 5) is 1.01. The topological polar surface area (TPSA) is 84.0 Å². The van der Waals surface area contributed by atoms with E-state index in [9.17, 15) is 8.42 Å². The van der Waals surface area contributed by atoms with Crippen LogP contribution >= 0.6 is 23.1 Å². The van der Waals surface area contributed by atoms with Gasteiger partial charge in [-0.1, -0.05) is 26.0 Å². The Morgan fingerprint density at radius 2 is 2.09 bits per heavy atom. The molecule has 7 heteroatoms. The Balaban J connectivity index is 2.57. The van der Waals surface area contributed by atoms with Crippen molar-refractivity contribution in [3.05, 3.63) is 40.8 Å². The third kappa shape index (κ3) is 3.62. The Bertz CT molecular complexity index is 826. The van der Waals surface area contributed by atoms with Crippen molar-refractivity contribution < 1.29 is 8.42 Å². The lowest BCUT2D eigenvalue weighted by atomic mass is 9.99. The summed E-state index contributed by atoms with van der Waals surface area (Å²) in [7, 11) is -3.62. The van der Waals surface area contributed by atoms with Gasteiger partial charge >= 0.3 is 0 Å². The minimum atomic E-state index is -3.62. The molecule has 1 heterocycles. The van der Waals surface area contributed by atoms with Crippen LogP contribution in [0.5, 0.6) is 0 Å². The first-order chi connectivity index (χ1) is 10.8. The van der Waals surface area contributed by atoms with E-state index in [2.05, 4.69) is 13.8 Å². The standard InChI is InChI=1S/C16H20N2O2S3/c1-4-10(2)11-6-5-7-12(8-11)23(19,20)14-9-13(15(17)18)22-16(14)21-3/h5-10H,4H2,1-3H3,(H3,17,18). The Morgan fingerprint density at radius 1 is 1.39 bits per heavy atom. The zero-order valence-electron chi connectivity index (χ0n) is 13.3. The molecule has 23 heavy (non-hydrogen) atoms. The number of nitrogens with two attached hydrogens (primary N) is 1. The number of hydrogen-bond donors (Lipinski definition) is 2. The first-order valence-corrected chi connectivity index (χ1v) is 10.7. The van der Waals surface area contributed by atoms with E-state index in [1.54, 1.807) is 18.2 Å². The van der Waals surface area contributed by atoms with Gasteiger partial charge in [0.2, 0.25) is 9.84 Å². The van der Waals surface area contributed by atoms with Crippen molar-refractivity contribution in [2.75, 3.05) is 6.26 Å². The molecule has 0 aliphatic rings. The molecule has 0 aliphatic heterocycles. The van der Waals surface area contributed by atoms with E-state index in [0.29, 0.717) is 19.9 Å². The first-order valence-electron chi connectivity index (χ1n) is 7.18. The molecule has 3 N–H and O–H groups in total. The number of rotatable bonds is 6. The van der Waals surface area contributed by atoms with Crippen LogP contribution in [0.3, 0.4) is 0 Å². The Hall–Kier alpha value is -1.31. The molecule has 2 rings (SSSR count). The molecule has 1 unspecified atom stereocenters. The lowest BCUT2D eigenvalue weighted by Crippen LogP contribution is -2.09. The van der Waals surface area contributed by atoms with Crippen LogP contribution in [0.15, 0.2) is 44.3 Å². The van der Waals surface area contributed by atoms with Gasteiger partial charge in [0.05, 0.1) is 18.9 Å². The number of benzene rings is 1. The van der Waals surface area contributed by atoms with Gasteiger partial charge in [0.1, 0.15) is 5.84 Å². The molecule has 0 radical (unpaired) electrons. The summed E-state index contributed by atoms with van der Waals surface area (Å²) >= 11 is 2.60. The Labute approximate surface area is 145 Å². The van der Waals surface area contributed by atoms with Crippen LogP contribution in [-0.2, 0) is 9.84 Å². The van der Waals surface area contributed by atoms with Crippen molar-refractivity contribution in [3.8, 4) is 0 Å². The maximum absolute atomic E-state index is 13.0. The molecule has 2 aromatic rings. The van der Waals surface area contributed by atoms with Crippen LogP contribution in [0.25, 0.3) is 0 Å². The molecule has 0 saturated carbocycles. The minimum absolute atomic E-state index is 0.111. The van der Waals surface area contributed by atoms with Gasteiger partial charge < -0.3 is 5.73 Å². The minimum Gasteiger partial charge on any atom is -0.383 e. The average Bonchev–Trinajstić information content (AvgIpc) is 2.99. The molecular formula is C16H20N2O2S3. The molecule has 1 aromatic heterocycles. The van der Waals surface area contributed by atoms with Crippen LogP contribution in [0.4, 0.5) is 0 Å². The third-order valence-corrected chi connectivity index (χ3v) is 8.09. The van der Waals surface area contributed by atoms with Crippen molar-refractivity contribution in [1.29, 1.82) is 5.41 Å². The maximum Gasteiger partial charge on any atom is 0.208 e. The van der Waals surface area contributed by atoms with E-state index in [-0.39, 0.29) is 10.7 Å². The summed E-state index contributed by atoms with van der Waals surface area (Å²) in [5, 5.41) is 7.53. The van der Waals surface area contributed by atoms with E-state index < -0.39 is 9.84 Å². The molecule has 0 bridgehead atoms. The van der Waals surface area contributed by atoms with Crippen molar-refractivity contribution in [2.24, 2.45) is 5.73 Å². The summed E-state index contributed by atoms with van der Waals surface area (Å²) < 4.78 is 26.6. The molecule has 0 saturated heterocycles. The fourth-order valence-corrected chi connectivity index (χ4v) is 6.08. The fraction of sp³-hybridized carbons (Fsp3) is 0.312. The molecule has 1 atom stereocenters. The Morgan fingerprint density at radius 3 is 2.65 bits per heavy atom. The van der Waals surface area contributed by atoms with E-state index in [1.807, 2.05) is 12.3 Å². The molecule has 0 amide bonds. The predicted octanol–water partition coefficient (Wildman–Crippen LogP) is 4.10. The number of sulfone groups is 1. The van der Waals surface area contributed by atoms with Gasteiger partial charge in [-0.05, 0) is 42.4 Å².